The van der Waals surface area contributed by atoms with E-state index in [0.29, 0.717) is 16.1 Å². The second-order valence-electron chi connectivity index (χ2n) is 6.60. The van der Waals surface area contributed by atoms with Gasteiger partial charge in [-0.2, -0.15) is 0 Å². The molecule has 0 radical (unpaired) electrons. The molecule has 0 amide bonds. The van der Waals surface area contributed by atoms with Crippen LogP contribution in [0.25, 0.3) is 0 Å². The van der Waals surface area contributed by atoms with Crippen LogP contribution in [-0.4, -0.2) is 67.7 Å². The highest BCUT2D eigenvalue weighted by Crippen LogP contribution is 2.32. The van der Waals surface area contributed by atoms with E-state index in [1.807, 2.05) is 37.0 Å². The number of nitrogens with zero attached hydrogens (tertiary/aromatic N) is 3. The van der Waals surface area contributed by atoms with E-state index in [0.717, 1.165) is 43.7 Å². The largest absolute Gasteiger partial charge is 0.480 e. The number of likely N-dealkylation sites (tertiary alicyclic amines) is 1. The molecule has 0 atom stereocenters. The number of piperidine rings is 1. The topological polar surface area (TPSA) is 47.0 Å². The minimum absolute atomic E-state index is 0.0957. The Balaban J connectivity index is 2.01. The van der Waals surface area contributed by atoms with Crippen LogP contribution in [-0.2, 0) is 11.3 Å². The van der Waals surface area contributed by atoms with Crippen LogP contribution in [0.2, 0.25) is 10.0 Å². The maximum Gasteiger partial charge on any atom is 0.317 e. The van der Waals surface area contributed by atoms with Gasteiger partial charge in [-0.3, -0.25) is 14.6 Å². The number of hydrogen-bond donors (Lipinski definition) is 1. The smallest absolute Gasteiger partial charge is 0.317 e. The van der Waals surface area contributed by atoms with Gasteiger partial charge < -0.3 is 10.0 Å². The van der Waals surface area contributed by atoms with E-state index < -0.39 is 5.97 Å². The zero-order valence-electron chi connectivity index (χ0n) is 14.4. The number of likely N-dealkylation sites (N-methyl/N-ethyl adjacent to an activating group) is 1. The van der Waals surface area contributed by atoms with Gasteiger partial charge in [0.05, 0.1) is 6.54 Å². The molecule has 1 aliphatic heterocycles. The Morgan fingerprint density at radius 2 is 1.88 bits per heavy atom. The zero-order valence-corrected chi connectivity index (χ0v) is 15.9. The summed E-state index contributed by atoms with van der Waals surface area (Å²) in [6, 6.07) is 4.06. The summed E-state index contributed by atoms with van der Waals surface area (Å²) in [6.07, 6.45) is 1.93. The first-order valence-electron chi connectivity index (χ1n) is 8.07. The quantitative estimate of drug-likeness (QED) is 0.830. The van der Waals surface area contributed by atoms with Crippen molar-refractivity contribution in [3.63, 3.8) is 0 Å². The number of rotatable bonds is 6. The van der Waals surface area contributed by atoms with Crippen molar-refractivity contribution in [2.24, 2.45) is 0 Å². The first kappa shape index (κ1) is 19.3. The van der Waals surface area contributed by atoms with Gasteiger partial charge in [0.1, 0.15) is 0 Å². The van der Waals surface area contributed by atoms with E-state index in [-0.39, 0.29) is 6.54 Å². The predicted octanol–water partition coefficient (Wildman–Crippen LogP) is 3.04. The maximum atomic E-state index is 10.8. The molecular weight excluding hydrogens is 349 g/mol. The SMILES string of the molecule is CN(C)c1cc(Cl)cc(Cl)c1CN1CCC(N(C)CC(=O)O)CC1. The van der Waals surface area contributed by atoms with Crippen molar-refractivity contribution < 1.29 is 9.90 Å². The molecule has 1 N–H and O–H groups in total. The van der Waals surface area contributed by atoms with Gasteiger partial charge in [0.2, 0.25) is 0 Å². The van der Waals surface area contributed by atoms with Crippen molar-refractivity contribution in [3.05, 3.63) is 27.7 Å². The highest BCUT2D eigenvalue weighted by Gasteiger charge is 2.24. The summed E-state index contributed by atoms with van der Waals surface area (Å²) < 4.78 is 0. The molecule has 134 valence electrons. The van der Waals surface area contributed by atoms with Gasteiger partial charge in [0.15, 0.2) is 0 Å². The molecule has 0 spiro atoms. The van der Waals surface area contributed by atoms with Crippen LogP contribution < -0.4 is 4.90 Å². The standard InChI is InChI=1S/C17H25Cl2N3O2/c1-20(2)16-9-12(18)8-15(19)14(16)10-22-6-4-13(5-7-22)21(3)11-17(23)24/h8-9,13H,4-7,10-11H2,1-3H3,(H,23,24). The van der Waals surface area contributed by atoms with E-state index in [4.69, 9.17) is 28.3 Å². The van der Waals surface area contributed by atoms with E-state index in [9.17, 15) is 4.79 Å². The molecule has 24 heavy (non-hydrogen) atoms. The van der Waals surface area contributed by atoms with Crippen molar-refractivity contribution in [2.75, 3.05) is 45.7 Å². The Morgan fingerprint density at radius 1 is 1.25 bits per heavy atom. The average molecular weight is 374 g/mol. The number of carboxylic acids is 1. The Kier molecular flexibility index (Phi) is 6.75. The van der Waals surface area contributed by atoms with Gasteiger partial charge in [-0.05, 0) is 45.1 Å². The summed E-state index contributed by atoms with van der Waals surface area (Å²) in [5, 5.41) is 10.2. The highest BCUT2D eigenvalue weighted by atomic mass is 35.5. The van der Waals surface area contributed by atoms with E-state index in [2.05, 4.69) is 4.90 Å². The van der Waals surface area contributed by atoms with Crippen molar-refractivity contribution in [1.82, 2.24) is 9.80 Å². The van der Waals surface area contributed by atoms with Gasteiger partial charge >= 0.3 is 5.97 Å². The summed E-state index contributed by atoms with van der Waals surface area (Å²) in [4.78, 5) is 17.2. The molecule has 0 aromatic heterocycles. The number of carbonyl (C=O) groups is 1. The van der Waals surface area contributed by atoms with Crippen LogP contribution in [0.5, 0.6) is 0 Å². The summed E-state index contributed by atoms with van der Waals surface area (Å²) in [7, 11) is 5.85. The lowest BCUT2D eigenvalue weighted by Crippen LogP contribution is -2.44. The second kappa shape index (κ2) is 8.39. The number of benzene rings is 1. The van der Waals surface area contributed by atoms with Crippen LogP contribution in [0.15, 0.2) is 12.1 Å². The lowest BCUT2D eigenvalue weighted by Gasteiger charge is -2.36. The van der Waals surface area contributed by atoms with Gasteiger partial charge in [0.25, 0.3) is 0 Å². The number of halogens is 2. The molecule has 0 saturated carbocycles. The lowest BCUT2D eigenvalue weighted by molar-refractivity contribution is -0.138. The van der Waals surface area contributed by atoms with Gasteiger partial charge in [-0.15, -0.1) is 0 Å². The Labute approximate surface area is 153 Å². The van der Waals surface area contributed by atoms with Crippen LogP contribution >= 0.6 is 23.2 Å². The first-order chi connectivity index (χ1) is 11.3. The van der Waals surface area contributed by atoms with Crippen LogP contribution in [0.4, 0.5) is 5.69 Å². The van der Waals surface area contributed by atoms with Crippen LogP contribution in [0, 0.1) is 0 Å². The Bertz CT molecular complexity index is 587. The average Bonchev–Trinajstić information content (AvgIpc) is 2.49. The summed E-state index contributed by atoms with van der Waals surface area (Å²) in [6.45, 7) is 2.73. The monoisotopic (exact) mass is 373 g/mol. The molecule has 1 aliphatic rings. The van der Waals surface area contributed by atoms with Crippen molar-refractivity contribution in [3.8, 4) is 0 Å². The maximum absolute atomic E-state index is 10.8. The third kappa shape index (κ3) is 4.99. The fourth-order valence-electron chi connectivity index (χ4n) is 3.23. The molecule has 1 saturated heterocycles. The molecular formula is C17H25Cl2N3O2. The molecule has 2 rings (SSSR count). The Hall–Kier alpha value is -1.01. The number of anilines is 1. The molecule has 1 aromatic rings. The van der Waals surface area contributed by atoms with Gasteiger partial charge in [-0.1, -0.05) is 23.2 Å². The number of hydrogen-bond acceptors (Lipinski definition) is 4. The van der Waals surface area contributed by atoms with Crippen molar-refractivity contribution >= 4 is 34.9 Å². The molecule has 1 heterocycles. The van der Waals surface area contributed by atoms with Gasteiger partial charge in [0, 0.05) is 48.0 Å². The molecule has 5 nitrogen and oxygen atoms in total. The van der Waals surface area contributed by atoms with Crippen molar-refractivity contribution in [2.45, 2.75) is 25.4 Å². The molecule has 1 fully saturated rings. The fourth-order valence-corrected chi connectivity index (χ4v) is 3.77. The number of aliphatic carboxylic acids is 1. The third-order valence-corrected chi connectivity index (χ3v) is 5.12. The summed E-state index contributed by atoms with van der Waals surface area (Å²) in [5.41, 5.74) is 2.13. The molecule has 7 heteroatoms. The van der Waals surface area contributed by atoms with Gasteiger partial charge in [-0.25, -0.2) is 0 Å². The third-order valence-electron chi connectivity index (χ3n) is 4.57. The number of carboxylic acid groups (broad SMARTS) is 1. The van der Waals surface area contributed by atoms with Crippen LogP contribution in [0.1, 0.15) is 18.4 Å². The minimum atomic E-state index is -0.775. The molecule has 0 unspecified atom stereocenters. The van der Waals surface area contributed by atoms with Crippen LogP contribution in [0.3, 0.4) is 0 Å². The van der Waals surface area contributed by atoms with E-state index >= 15 is 0 Å². The predicted molar refractivity (Wildman–Crippen MR) is 99.4 cm³/mol. The Morgan fingerprint density at radius 3 is 2.42 bits per heavy atom. The second-order valence-corrected chi connectivity index (χ2v) is 7.44. The molecule has 0 bridgehead atoms. The first-order valence-corrected chi connectivity index (χ1v) is 8.83. The highest BCUT2D eigenvalue weighted by molar-refractivity contribution is 6.35. The summed E-state index contributed by atoms with van der Waals surface area (Å²) >= 11 is 12.5. The van der Waals surface area contributed by atoms with Crippen molar-refractivity contribution in [1.29, 1.82) is 0 Å². The molecule has 1 aromatic carbocycles. The lowest BCUT2D eigenvalue weighted by atomic mass is 10.0. The summed E-state index contributed by atoms with van der Waals surface area (Å²) in [5.74, 6) is -0.775. The molecule has 0 aliphatic carbocycles. The minimum Gasteiger partial charge on any atom is -0.480 e. The van der Waals surface area contributed by atoms with E-state index in [1.54, 1.807) is 6.07 Å². The fraction of sp³-hybridized carbons (Fsp3) is 0.588. The zero-order chi connectivity index (χ0) is 17.9. The van der Waals surface area contributed by atoms with E-state index in [1.165, 1.54) is 0 Å². The normalized spacial score (nSPS) is 16.6.